The van der Waals surface area contributed by atoms with E-state index in [4.69, 9.17) is 0 Å². The molecule has 0 amide bonds. The number of aliphatic hydroxyl groups excluding tert-OH is 1. The van der Waals surface area contributed by atoms with Gasteiger partial charge in [-0.05, 0) is 32.6 Å². The van der Waals surface area contributed by atoms with Crippen molar-refractivity contribution in [3.05, 3.63) is 24.6 Å². The average Bonchev–Trinajstić information content (AvgIpc) is 3.02. The molecule has 0 saturated heterocycles. The zero-order valence-corrected chi connectivity index (χ0v) is 16.9. The van der Waals surface area contributed by atoms with Crippen LogP contribution in [0.3, 0.4) is 0 Å². The van der Waals surface area contributed by atoms with Gasteiger partial charge in [0.25, 0.3) is 0 Å². The fraction of sp³-hybridized carbons (Fsp3) is 0.818. The van der Waals surface area contributed by atoms with E-state index < -0.39 is 0 Å². The van der Waals surface area contributed by atoms with Crippen molar-refractivity contribution >= 4 is 0 Å². The Kier molecular flexibility index (Phi) is 12.8. The number of hydrogen-bond donors (Lipinski definition) is 2. The first kappa shape index (κ1) is 22.2. The lowest BCUT2D eigenvalue weighted by molar-refractivity contribution is -0.900. The van der Waals surface area contributed by atoms with Gasteiger partial charge in [0.2, 0.25) is 0 Å². The SMILES string of the molecule is CCC/C=C/CCCCCCCCCCC1NC=C[N+]1(CC)CCO. The standard InChI is InChI=1S/C22H43N2O/c1-3-5-6-7-8-9-10-11-12-13-14-15-16-17-22-23-18-19-24(22,4-2)20-21-25/h6-7,18-19,22-23,25H,3-5,8-17,20-21H2,1-2H3/q+1/b7-6+. The summed E-state index contributed by atoms with van der Waals surface area (Å²) < 4.78 is 0.906. The van der Waals surface area contributed by atoms with Crippen LogP contribution in [0.25, 0.3) is 0 Å². The van der Waals surface area contributed by atoms with Gasteiger partial charge < -0.3 is 10.4 Å². The molecule has 2 atom stereocenters. The van der Waals surface area contributed by atoms with E-state index in [9.17, 15) is 5.11 Å². The van der Waals surface area contributed by atoms with Crippen molar-refractivity contribution in [1.29, 1.82) is 0 Å². The average molecular weight is 352 g/mol. The van der Waals surface area contributed by atoms with Crippen LogP contribution in [0.4, 0.5) is 0 Å². The van der Waals surface area contributed by atoms with Crippen molar-refractivity contribution in [1.82, 2.24) is 5.32 Å². The summed E-state index contributed by atoms with van der Waals surface area (Å²) in [6.07, 6.45) is 25.5. The van der Waals surface area contributed by atoms with E-state index in [0.29, 0.717) is 6.17 Å². The maximum atomic E-state index is 9.34. The van der Waals surface area contributed by atoms with Crippen LogP contribution in [0.15, 0.2) is 24.6 Å². The van der Waals surface area contributed by atoms with Crippen molar-refractivity contribution in [2.45, 2.75) is 97.1 Å². The molecule has 1 heterocycles. The van der Waals surface area contributed by atoms with Crippen LogP contribution in [0, 0.1) is 0 Å². The highest BCUT2D eigenvalue weighted by Gasteiger charge is 2.35. The fourth-order valence-electron chi connectivity index (χ4n) is 3.86. The second-order valence-electron chi connectivity index (χ2n) is 7.53. The van der Waals surface area contributed by atoms with E-state index in [2.05, 4.69) is 43.7 Å². The molecule has 0 fully saturated rings. The molecular formula is C22H43N2O+. The van der Waals surface area contributed by atoms with Gasteiger partial charge in [0.05, 0.1) is 19.4 Å². The molecule has 0 spiro atoms. The normalized spacial score (nSPS) is 22.8. The van der Waals surface area contributed by atoms with Crippen LogP contribution in [-0.2, 0) is 0 Å². The lowest BCUT2D eigenvalue weighted by atomic mass is 10.0. The monoisotopic (exact) mass is 351 g/mol. The maximum absolute atomic E-state index is 9.34. The Morgan fingerprint density at radius 1 is 0.920 bits per heavy atom. The number of unbranched alkanes of at least 4 members (excludes halogenated alkanes) is 9. The quantitative estimate of drug-likeness (QED) is 0.219. The molecule has 0 bridgehead atoms. The molecule has 0 aliphatic carbocycles. The molecule has 0 radical (unpaired) electrons. The predicted octanol–water partition coefficient (Wildman–Crippen LogP) is 5.47. The Hall–Kier alpha value is -0.800. The number of aliphatic hydroxyl groups is 1. The van der Waals surface area contributed by atoms with E-state index in [1.807, 2.05) is 0 Å². The van der Waals surface area contributed by atoms with Crippen LogP contribution >= 0.6 is 0 Å². The van der Waals surface area contributed by atoms with E-state index in [-0.39, 0.29) is 6.61 Å². The third-order valence-electron chi connectivity index (χ3n) is 5.61. The Labute approximate surface area is 156 Å². The minimum absolute atomic E-state index is 0.269. The molecule has 146 valence electrons. The number of quaternary nitrogens is 1. The molecule has 1 aliphatic heterocycles. The Balaban J connectivity index is 1.95. The summed E-state index contributed by atoms with van der Waals surface area (Å²) in [6, 6.07) is 0. The highest BCUT2D eigenvalue weighted by Crippen LogP contribution is 2.22. The third-order valence-corrected chi connectivity index (χ3v) is 5.61. The van der Waals surface area contributed by atoms with Crippen LogP contribution in [0.2, 0.25) is 0 Å². The van der Waals surface area contributed by atoms with Gasteiger partial charge >= 0.3 is 0 Å². The molecule has 0 saturated carbocycles. The summed E-state index contributed by atoms with van der Waals surface area (Å²) in [7, 11) is 0. The zero-order valence-electron chi connectivity index (χ0n) is 16.9. The molecule has 0 aromatic carbocycles. The number of allylic oxidation sites excluding steroid dienone is 2. The summed E-state index contributed by atoms with van der Waals surface area (Å²) in [4.78, 5) is 0. The number of likely N-dealkylation sites (N-methyl/N-ethyl adjacent to an activating group) is 1. The number of hydrogen-bond acceptors (Lipinski definition) is 2. The molecule has 25 heavy (non-hydrogen) atoms. The molecular weight excluding hydrogens is 308 g/mol. The second kappa shape index (κ2) is 14.4. The van der Waals surface area contributed by atoms with Gasteiger partial charge in [0, 0.05) is 6.42 Å². The number of nitrogens with one attached hydrogen (secondary N) is 1. The first-order valence-electron chi connectivity index (χ1n) is 10.8. The van der Waals surface area contributed by atoms with Gasteiger partial charge in [0.1, 0.15) is 12.7 Å². The van der Waals surface area contributed by atoms with E-state index in [1.54, 1.807) is 0 Å². The molecule has 2 N–H and O–H groups in total. The van der Waals surface area contributed by atoms with Crippen molar-refractivity contribution in [2.75, 3.05) is 19.7 Å². The Morgan fingerprint density at radius 3 is 2.20 bits per heavy atom. The molecule has 2 unspecified atom stereocenters. The molecule has 3 nitrogen and oxygen atoms in total. The molecule has 0 aromatic heterocycles. The number of nitrogens with zero attached hydrogens (tertiary/aromatic N) is 1. The van der Waals surface area contributed by atoms with Crippen molar-refractivity contribution in [3.8, 4) is 0 Å². The summed E-state index contributed by atoms with van der Waals surface area (Å²) in [5.41, 5.74) is 0. The molecule has 1 aliphatic rings. The van der Waals surface area contributed by atoms with Gasteiger partial charge in [-0.15, -0.1) is 0 Å². The lowest BCUT2D eigenvalue weighted by Gasteiger charge is -2.36. The smallest absolute Gasteiger partial charge is 0.166 e. The molecule has 3 heteroatoms. The summed E-state index contributed by atoms with van der Waals surface area (Å²) in [5.74, 6) is 0. The van der Waals surface area contributed by atoms with Crippen LogP contribution in [0.1, 0.15) is 90.9 Å². The fourth-order valence-corrected chi connectivity index (χ4v) is 3.86. The highest BCUT2D eigenvalue weighted by atomic mass is 16.3. The third kappa shape index (κ3) is 8.91. The Morgan fingerprint density at radius 2 is 1.56 bits per heavy atom. The largest absolute Gasteiger partial charge is 0.390 e. The summed E-state index contributed by atoms with van der Waals surface area (Å²) >= 11 is 0. The van der Waals surface area contributed by atoms with Gasteiger partial charge in [-0.2, -0.15) is 0 Å². The topological polar surface area (TPSA) is 32.3 Å². The minimum Gasteiger partial charge on any atom is -0.390 e. The van der Waals surface area contributed by atoms with Gasteiger partial charge in [0.15, 0.2) is 6.17 Å². The van der Waals surface area contributed by atoms with E-state index >= 15 is 0 Å². The predicted molar refractivity (Wildman–Crippen MR) is 109 cm³/mol. The van der Waals surface area contributed by atoms with E-state index in [1.165, 1.54) is 77.0 Å². The lowest BCUT2D eigenvalue weighted by Crippen LogP contribution is -2.54. The summed E-state index contributed by atoms with van der Waals surface area (Å²) in [6.45, 7) is 6.62. The van der Waals surface area contributed by atoms with Crippen LogP contribution in [0.5, 0.6) is 0 Å². The van der Waals surface area contributed by atoms with Crippen LogP contribution in [-0.4, -0.2) is 35.5 Å². The van der Waals surface area contributed by atoms with Crippen molar-refractivity contribution in [2.24, 2.45) is 0 Å². The first-order chi connectivity index (χ1) is 12.3. The van der Waals surface area contributed by atoms with Crippen molar-refractivity contribution < 1.29 is 9.59 Å². The molecule has 1 rings (SSSR count). The minimum atomic E-state index is 0.269. The van der Waals surface area contributed by atoms with Gasteiger partial charge in [-0.25, -0.2) is 0 Å². The highest BCUT2D eigenvalue weighted by molar-refractivity contribution is 4.84. The molecule has 0 aromatic rings. The van der Waals surface area contributed by atoms with Crippen LogP contribution < -0.4 is 5.32 Å². The van der Waals surface area contributed by atoms with E-state index in [0.717, 1.165) is 17.6 Å². The van der Waals surface area contributed by atoms with Gasteiger partial charge in [-0.3, -0.25) is 4.48 Å². The number of rotatable bonds is 16. The van der Waals surface area contributed by atoms with Crippen molar-refractivity contribution in [3.63, 3.8) is 0 Å². The first-order valence-corrected chi connectivity index (χ1v) is 10.8. The summed E-state index contributed by atoms with van der Waals surface area (Å²) in [5, 5.41) is 12.8. The zero-order chi connectivity index (χ0) is 18.2. The second-order valence-corrected chi connectivity index (χ2v) is 7.53. The maximum Gasteiger partial charge on any atom is 0.166 e. The van der Waals surface area contributed by atoms with Gasteiger partial charge in [-0.1, -0.05) is 64.0 Å². The Bertz CT molecular complexity index is 367.